The summed E-state index contributed by atoms with van der Waals surface area (Å²) in [5.41, 5.74) is 6.69. The van der Waals surface area contributed by atoms with Gasteiger partial charge in [0, 0.05) is 11.1 Å². The van der Waals surface area contributed by atoms with E-state index in [4.69, 9.17) is 21.9 Å². The predicted octanol–water partition coefficient (Wildman–Crippen LogP) is 2.59. The van der Waals surface area contributed by atoms with Crippen molar-refractivity contribution in [1.82, 2.24) is 5.16 Å². The molecule has 1 aromatic carbocycles. The Balaban J connectivity index is 2.58. The third-order valence-corrected chi connectivity index (χ3v) is 2.48. The summed E-state index contributed by atoms with van der Waals surface area (Å²) < 4.78 is 4.93. The van der Waals surface area contributed by atoms with Crippen LogP contribution in [0.15, 0.2) is 22.7 Å². The van der Waals surface area contributed by atoms with E-state index in [0.717, 1.165) is 5.56 Å². The molecule has 0 unspecified atom stereocenters. The van der Waals surface area contributed by atoms with Crippen LogP contribution in [0.4, 0.5) is 5.82 Å². The molecule has 0 radical (unpaired) electrons. The van der Waals surface area contributed by atoms with Crippen LogP contribution in [0.5, 0.6) is 5.75 Å². The van der Waals surface area contributed by atoms with Crippen molar-refractivity contribution in [3.8, 4) is 17.1 Å². The molecule has 4 nitrogen and oxygen atoms in total. The fraction of sp³-hybridized carbons (Fsp3) is 0.100. The predicted molar refractivity (Wildman–Crippen MR) is 57.8 cm³/mol. The molecular weight excluding hydrogens is 216 g/mol. The summed E-state index contributed by atoms with van der Waals surface area (Å²) in [7, 11) is 0. The highest BCUT2D eigenvalue weighted by Gasteiger charge is 2.11. The van der Waals surface area contributed by atoms with E-state index in [0.29, 0.717) is 16.3 Å². The average Bonchev–Trinajstić information content (AvgIpc) is 2.58. The number of halogens is 1. The number of phenolic OH excluding ortho intramolecular Hbond substituents is 1. The van der Waals surface area contributed by atoms with Gasteiger partial charge in [-0.15, -0.1) is 0 Å². The Kier molecular flexibility index (Phi) is 2.28. The molecule has 0 amide bonds. The van der Waals surface area contributed by atoms with Crippen LogP contribution in [0.25, 0.3) is 11.3 Å². The number of nitrogens with zero attached hydrogens (tertiary/aromatic N) is 1. The molecule has 1 heterocycles. The van der Waals surface area contributed by atoms with Crippen molar-refractivity contribution in [3.05, 3.63) is 28.8 Å². The fourth-order valence-electron chi connectivity index (χ4n) is 1.28. The van der Waals surface area contributed by atoms with Gasteiger partial charge in [-0.25, -0.2) is 0 Å². The van der Waals surface area contributed by atoms with Crippen molar-refractivity contribution in [2.75, 3.05) is 5.73 Å². The summed E-state index contributed by atoms with van der Waals surface area (Å²) in [6, 6.07) is 4.71. The maximum absolute atomic E-state index is 9.69. The van der Waals surface area contributed by atoms with Gasteiger partial charge in [-0.1, -0.05) is 16.8 Å². The Labute approximate surface area is 91.3 Å². The molecule has 0 fully saturated rings. The van der Waals surface area contributed by atoms with E-state index in [9.17, 15) is 5.11 Å². The molecule has 2 aromatic rings. The molecule has 15 heavy (non-hydrogen) atoms. The van der Waals surface area contributed by atoms with E-state index in [2.05, 4.69) is 5.16 Å². The fourth-order valence-corrected chi connectivity index (χ4v) is 1.44. The van der Waals surface area contributed by atoms with Crippen molar-refractivity contribution in [1.29, 1.82) is 0 Å². The van der Waals surface area contributed by atoms with Gasteiger partial charge < -0.3 is 15.4 Å². The minimum Gasteiger partial charge on any atom is -0.507 e. The molecule has 0 saturated carbocycles. The van der Waals surface area contributed by atoms with Crippen molar-refractivity contribution in [2.24, 2.45) is 0 Å². The summed E-state index contributed by atoms with van der Waals surface area (Å²) in [5, 5.41) is 13.8. The molecule has 5 heteroatoms. The van der Waals surface area contributed by atoms with Gasteiger partial charge >= 0.3 is 0 Å². The third-order valence-electron chi connectivity index (χ3n) is 2.07. The van der Waals surface area contributed by atoms with Crippen molar-refractivity contribution >= 4 is 17.4 Å². The van der Waals surface area contributed by atoms with Gasteiger partial charge in [0.1, 0.15) is 5.75 Å². The number of nitrogens with two attached hydrogens (primary N) is 1. The van der Waals surface area contributed by atoms with Gasteiger partial charge in [0.25, 0.3) is 0 Å². The average molecular weight is 225 g/mol. The standard InChI is InChI=1S/C10H9ClN2O2/c1-5-2-8(14)6(3-7(5)11)9-4-10(12)13-15-9/h2-4,14H,1H3,(H2,12,13). The number of phenols is 1. The number of nitrogen functional groups attached to an aromatic ring is 1. The van der Waals surface area contributed by atoms with Gasteiger partial charge in [-0.05, 0) is 24.6 Å². The molecule has 0 atom stereocenters. The molecule has 0 aliphatic carbocycles. The highest BCUT2D eigenvalue weighted by molar-refractivity contribution is 6.31. The highest BCUT2D eigenvalue weighted by atomic mass is 35.5. The van der Waals surface area contributed by atoms with Crippen LogP contribution in [0.3, 0.4) is 0 Å². The number of hydrogen-bond donors (Lipinski definition) is 2. The summed E-state index contributed by atoms with van der Waals surface area (Å²) >= 11 is 5.94. The van der Waals surface area contributed by atoms with Crippen LogP contribution in [0, 0.1) is 6.92 Å². The summed E-state index contributed by atoms with van der Waals surface area (Å²) in [4.78, 5) is 0. The van der Waals surface area contributed by atoms with E-state index in [-0.39, 0.29) is 11.6 Å². The van der Waals surface area contributed by atoms with Crippen LogP contribution >= 0.6 is 11.6 Å². The molecule has 0 aliphatic heterocycles. The van der Waals surface area contributed by atoms with Crippen LogP contribution in [-0.2, 0) is 0 Å². The molecule has 0 bridgehead atoms. The second-order valence-electron chi connectivity index (χ2n) is 3.23. The lowest BCUT2D eigenvalue weighted by atomic mass is 10.1. The SMILES string of the molecule is Cc1cc(O)c(-c2cc(N)no2)cc1Cl. The van der Waals surface area contributed by atoms with E-state index in [1.54, 1.807) is 19.1 Å². The molecular formula is C10H9ClN2O2. The molecule has 2 rings (SSSR count). The Morgan fingerprint density at radius 2 is 2.13 bits per heavy atom. The van der Waals surface area contributed by atoms with Crippen LogP contribution in [-0.4, -0.2) is 10.3 Å². The lowest BCUT2D eigenvalue weighted by Gasteiger charge is -2.03. The van der Waals surface area contributed by atoms with E-state index in [1.165, 1.54) is 6.07 Å². The van der Waals surface area contributed by atoms with Gasteiger partial charge in [0.15, 0.2) is 11.6 Å². The second-order valence-corrected chi connectivity index (χ2v) is 3.64. The zero-order chi connectivity index (χ0) is 11.0. The summed E-state index contributed by atoms with van der Waals surface area (Å²) in [5.74, 6) is 0.751. The zero-order valence-corrected chi connectivity index (χ0v) is 8.75. The number of aromatic hydroxyl groups is 1. The quantitative estimate of drug-likeness (QED) is 0.781. The molecule has 3 N–H and O–H groups in total. The normalized spacial score (nSPS) is 10.5. The first-order chi connectivity index (χ1) is 7.08. The first-order valence-electron chi connectivity index (χ1n) is 4.29. The summed E-state index contributed by atoms with van der Waals surface area (Å²) in [6.45, 7) is 1.81. The van der Waals surface area contributed by atoms with Crippen LogP contribution in [0.1, 0.15) is 5.56 Å². The Morgan fingerprint density at radius 3 is 2.73 bits per heavy atom. The third kappa shape index (κ3) is 1.76. The number of hydrogen-bond acceptors (Lipinski definition) is 4. The van der Waals surface area contributed by atoms with E-state index >= 15 is 0 Å². The van der Waals surface area contributed by atoms with Crippen molar-refractivity contribution < 1.29 is 9.63 Å². The number of aryl methyl sites for hydroxylation is 1. The first kappa shape index (κ1) is 9.86. The minimum atomic E-state index is 0.0908. The smallest absolute Gasteiger partial charge is 0.172 e. The molecule has 0 saturated heterocycles. The number of anilines is 1. The largest absolute Gasteiger partial charge is 0.507 e. The molecule has 0 spiro atoms. The molecule has 0 aliphatic rings. The number of aromatic nitrogens is 1. The van der Waals surface area contributed by atoms with Crippen LogP contribution < -0.4 is 5.73 Å². The molecule has 1 aromatic heterocycles. The maximum atomic E-state index is 9.69. The zero-order valence-electron chi connectivity index (χ0n) is 7.99. The maximum Gasteiger partial charge on any atom is 0.172 e. The number of rotatable bonds is 1. The van der Waals surface area contributed by atoms with Crippen molar-refractivity contribution in [2.45, 2.75) is 6.92 Å². The van der Waals surface area contributed by atoms with Crippen LogP contribution in [0.2, 0.25) is 5.02 Å². The van der Waals surface area contributed by atoms with Gasteiger partial charge in [-0.3, -0.25) is 0 Å². The molecule has 78 valence electrons. The topological polar surface area (TPSA) is 72.3 Å². The van der Waals surface area contributed by atoms with Gasteiger partial charge in [-0.2, -0.15) is 0 Å². The lowest BCUT2D eigenvalue weighted by Crippen LogP contribution is -1.81. The second kappa shape index (κ2) is 3.47. The highest BCUT2D eigenvalue weighted by Crippen LogP contribution is 2.34. The first-order valence-corrected chi connectivity index (χ1v) is 4.67. The minimum absolute atomic E-state index is 0.0908. The lowest BCUT2D eigenvalue weighted by molar-refractivity contribution is 0.429. The summed E-state index contributed by atoms with van der Waals surface area (Å²) in [6.07, 6.45) is 0. The Bertz CT molecular complexity index is 508. The van der Waals surface area contributed by atoms with E-state index < -0.39 is 0 Å². The monoisotopic (exact) mass is 224 g/mol. The van der Waals surface area contributed by atoms with Gasteiger partial charge in [0.05, 0.1) is 5.56 Å². The Morgan fingerprint density at radius 1 is 1.40 bits per heavy atom. The Hall–Kier alpha value is -1.68. The van der Waals surface area contributed by atoms with Gasteiger partial charge in [0.2, 0.25) is 0 Å². The van der Waals surface area contributed by atoms with E-state index in [1.807, 2.05) is 0 Å². The van der Waals surface area contributed by atoms with Crippen molar-refractivity contribution in [3.63, 3.8) is 0 Å². The number of benzene rings is 1.